The summed E-state index contributed by atoms with van der Waals surface area (Å²) in [5.74, 6) is 1.36. The maximum absolute atomic E-state index is 12.4. The lowest BCUT2D eigenvalue weighted by atomic mass is 10.0. The second kappa shape index (κ2) is 6.90. The van der Waals surface area contributed by atoms with Crippen molar-refractivity contribution in [2.45, 2.75) is 45.6 Å². The van der Waals surface area contributed by atoms with Crippen LogP contribution in [0.4, 0.5) is 0 Å². The topological polar surface area (TPSA) is 59.8 Å². The van der Waals surface area contributed by atoms with Gasteiger partial charge in [0.05, 0.1) is 7.11 Å². The van der Waals surface area contributed by atoms with Gasteiger partial charge in [0.1, 0.15) is 11.3 Å². The molecule has 1 fully saturated rings. The van der Waals surface area contributed by atoms with Gasteiger partial charge < -0.3 is 14.1 Å². The maximum atomic E-state index is 12.4. The Morgan fingerprint density at radius 2 is 2.12 bits per heavy atom. The van der Waals surface area contributed by atoms with Gasteiger partial charge >= 0.3 is 5.63 Å². The van der Waals surface area contributed by atoms with E-state index in [0.717, 1.165) is 10.9 Å². The van der Waals surface area contributed by atoms with Crippen molar-refractivity contribution in [3.8, 4) is 5.75 Å². The molecule has 1 atom stereocenters. The highest BCUT2D eigenvalue weighted by atomic mass is 16.5. The van der Waals surface area contributed by atoms with E-state index in [1.807, 2.05) is 31.0 Å². The van der Waals surface area contributed by atoms with Crippen molar-refractivity contribution in [3.63, 3.8) is 0 Å². The molecule has 1 heterocycles. The molecule has 1 aromatic heterocycles. The van der Waals surface area contributed by atoms with Crippen LogP contribution < -0.4 is 10.4 Å². The van der Waals surface area contributed by atoms with Crippen LogP contribution in [0, 0.1) is 12.8 Å². The number of benzene rings is 1. The quantitative estimate of drug-likeness (QED) is 0.755. The Bertz CT molecular complexity index is 851. The van der Waals surface area contributed by atoms with Gasteiger partial charge in [-0.25, -0.2) is 4.79 Å². The summed E-state index contributed by atoms with van der Waals surface area (Å²) < 4.78 is 10.6. The van der Waals surface area contributed by atoms with E-state index in [-0.39, 0.29) is 17.6 Å². The molecule has 5 nitrogen and oxygen atoms in total. The van der Waals surface area contributed by atoms with Gasteiger partial charge in [-0.2, -0.15) is 0 Å². The van der Waals surface area contributed by atoms with E-state index < -0.39 is 0 Å². The summed E-state index contributed by atoms with van der Waals surface area (Å²) in [5, 5.41) is 0.877. The molecular weight excluding hydrogens is 318 g/mol. The molecule has 25 heavy (non-hydrogen) atoms. The van der Waals surface area contributed by atoms with Crippen molar-refractivity contribution in [1.29, 1.82) is 0 Å². The first-order valence-electron chi connectivity index (χ1n) is 8.78. The van der Waals surface area contributed by atoms with Crippen LogP contribution in [0.2, 0.25) is 0 Å². The molecule has 1 saturated carbocycles. The van der Waals surface area contributed by atoms with E-state index in [1.54, 1.807) is 13.2 Å². The van der Waals surface area contributed by atoms with Crippen LogP contribution in [0.5, 0.6) is 5.75 Å². The SMILES string of the molecule is COc1ccc2c(C)c(CCC(=O)N(C)C(C)C3CC3)c(=O)oc2c1. The van der Waals surface area contributed by atoms with E-state index in [0.29, 0.717) is 35.7 Å². The molecule has 1 unspecified atom stereocenters. The lowest BCUT2D eigenvalue weighted by molar-refractivity contribution is -0.132. The Morgan fingerprint density at radius 3 is 2.76 bits per heavy atom. The highest BCUT2D eigenvalue weighted by Crippen LogP contribution is 2.34. The monoisotopic (exact) mass is 343 g/mol. The van der Waals surface area contributed by atoms with Gasteiger partial charge in [-0.15, -0.1) is 0 Å². The fourth-order valence-corrected chi connectivity index (χ4v) is 3.32. The average molecular weight is 343 g/mol. The molecule has 0 spiro atoms. The summed E-state index contributed by atoms with van der Waals surface area (Å²) in [7, 11) is 3.43. The predicted octanol–water partition coefficient (Wildman–Crippen LogP) is 3.30. The number of hydrogen-bond acceptors (Lipinski definition) is 4. The number of carbonyl (C=O) groups is 1. The van der Waals surface area contributed by atoms with Crippen molar-refractivity contribution >= 4 is 16.9 Å². The van der Waals surface area contributed by atoms with Crippen LogP contribution in [0.15, 0.2) is 27.4 Å². The minimum absolute atomic E-state index is 0.0769. The van der Waals surface area contributed by atoms with E-state index >= 15 is 0 Å². The van der Waals surface area contributed by atoms with Crippen molar-refractivity contribution < 1.29 is 13.9 Å². The molecule has 2 aromatic rings. The minimum Gasteiger partial charge on any atom is -0.497 e. The second-order valence-corrected chi connectivity index (χ2v) is 6.94. The largest absolute Gasteiger partial charge is 0.497 e. The van der Waals surface area contributed by atoms with Gasteiger partial charge in [0.2, 0.25) is 5.91 Å². The molecule has 3 rings (SSSR count). The third kappa shape index (κ3) is 3.55. The normalized spacial score (nSPS) is 15.2. The van der Waals surface area contributed by atoms with Crippen LogP contribution in [0.3, 0.4) is 0 Å². The van der Waals surface area contributed by atoms with Crippen LogP contribution in [-0.2, 0) is 11.2 Å². The minimum atomic E-state index is -0.371. The molecule has 134 valence electrons. The van der Waals surface area contributed by atoms with Crippen molar-refractivity contribution in [3.05, 3.63) is 39.7 Å². The third-order valence-corrected chi connectivity index (χ3v) is 5.39. The lowest BCUT2D eigenvalue weighted by Crippen LogP contribution is -2.36. The highest BCUT2D eigenvalue weighted by Gasteiger charge is 2.32. The summed E-state index contributed by atoms with van der Waals surface area (Å²) >= 11 is 0. The molecule has 1 aliphatic carbocycles. The first kappa shape index (κ1) is 17.5. The summed E-state index contributed by atoms with van der Waals surface area (Å²) in [6.45, 7) is 4.00. The molecule has 1 aliphatic rings. The zero-order valence-electron chi connectivity index (χ0n) is 15.3. The van der Waals surface area contributed by atoms with E-state index in [1.165, 1.54) is 12.8 Å². The third-order valence-electron chi connectivity index (χ3n) is 5.39. The Hall–Kier alpha value is -2.30. The van der Waals surface area contributed by atoms with Gasteiger partial charge in [0.15, 0.2) is 0 Å². The van der Waals surface area contributed by atoms with Crippen molar-refractivity contribution in [1.82, 2.24) is 4.90 Å². The zero-order chi connectivity index (χ0) is 18.1. The molecule has 0 radical (unpaired) electrons. The number of fused-ring (bicyclic) bond motifs is 1. The number of rotatable bonds is 6. The summed E-state index contributed by atoms with van der Waals surface area (Å²) in [4.78, 5) is 26.6. The molecule has 0 saturated heterocycles. The zero-order valence-corrected chi connectivity index (χ0v) is 15.3. The molecule has 1 aromatic carbocycles. The van der Waals surface area contributed by atoms with Gasteiger partial charge in [-0.3, -0.25) is 4.79 Å². The Balaban J connectivity index is 1.79. The molecule has 0 N–H and O–H groups in total. The van der Waals surface area contributed by atoms with Gasteiger partial charge in [-0.05, 0) is 56.7 Å². The number of nitrogens with zero attached hydrogens (tertiary/aromatic N) is 1. The summed E-state index contributed by atoms with van der Waals surface area (Å²) in [5.41, 5.74) is 1.60. The lowest BCUT2D eigenvalue weighted by Gasteiger charge is -2.25. The van der Waals surface area contributed by atoms with Gasteiger partial charge in [0, 0.05) is 36.5 Å². The first-order chi connectivity index (χ1) is 11.9. The molecular formula is C20H25NO4. The predicted molar refractivity (Wildman–Crippen MR) is 97.1 cm³/mol. The van der Waals surface area contributed by atoms with Crippen LogP contribution in [0.1, 0.15) is 37.3 Å². The van der Waals surface area contributed by atoms with E-state index in [2.05, 4.69) is 6.92 Å². The Labute approximate surface area is 147 Å². The number of methoxy groups -OCH3 is 1. The van der Waals surface area contributed by atoms with E-state index in [4.69, 9.17) is 9.15 Å². The first-order valence-corrected chi connectivity index (χ1v) is 8.78. The molecule has 5 heteroatoms. The summed E-state index contributed by atoms with van der Waals surface area (Å²) in [6.07, 6.45) is 3.13. The second-order valence-electron chi connectivity index (χ2n) is 6.94. The fraction of sp³-hybridized carbons (Fsp3) is 0.500. The Morgan fingerprint density at radius 1 is 1.40 bits per heavy atom. The highest BCUT2D eigenvalue weighted by molar-refractivity contribution is 5.82. The number of amides is 1. The maximum Gasteiger partial charge on any atom is 0.339 e. The number of ether oxygens (including phenoxy) is 1. The van der Waals surface area contributed by atoms with Crippen LogP contribution in [0.25, 0.3) is 11.0 Å². The fourth-order valence-electron chi connectivity index (χ4n) is 3.32. The summed E-state index contributed by atoms with van der Waals surface area (Å²) in [6, 6.07) is 5.71. The molecule has 1 amide bonds. The molecule has 0 bridgehead atoms. The smallest absolute Gasteiger partial charge is 0.339 e. The number of hydrogen-bond donors (Lipinski definition) is 0. The van der Waals surface area contributed by atoms with Crippen molar-refractivity contribution in [2.75, 3.05) is 14.2 Å². The van der Waals surface area contributed by atoms with Gasteiger partial charge in [0.25, 0.3) is 0 Å². The number of carbonyl (C=O) groups excluding carboxylic acids is 1. The standard InChI is InChI=1S/C20H25NO4/c1-12-16-8-7-15(24-4)11-18(16)25-20(23)17(12)9-10-19(22)21(3)13(2)14-5-6-14/h7-8,11,13-14H,5-6,9-10H2,1-4H3. The van der Waals surface area contributed by atoms with E-state index in [9.17, 15) is 9.59 Å². The number of aryl methyl sites for hydroxylation is 1. The Kier molecular flexibility index (Phi) is 4.84. The molecule has 0 aliphatic heterocycles. The van der Waals surface area contributed by atoms with Crippen molar-refractivity contribution in [2.24, 2.45) is 5.92 Å². The van der Waals surface area contributed by atoms with Gasteiger partial charge in [-0.1, -0.05) is 0 Å². The van der Waals surface area contributed by atoms with Crippen LogP contribution >= 0.6 is 0 Å². The van der Waals surface area contributed by atoms with Crippen LogP contribution in [-0.4, -0.2) is 31.0 Å². The average Bonchev–Trinajstić information content (AvgIpc) is 3.44.